The van der Waals surface area contributed by atoms with Crippen LogP contribution in [0.4, 0.5) is 13.2 Å². The Bertz CT molecular complexity index is 1290. The SMILES string of the molecule is Cc1cn(-c2ccc3n(c2=O)C[C@@H](C)N(Cc2cnn4c2CC(C(F)(F)F)CC4)C3=O)cn1. The fourth-order valence-electron chi connectivity index (χ4n) is 4.71. The number of aromatic nitrogens is 5. The topological polar surface area (TPSA) is 78.0 Å². The van der Waals surface area contributed by atoms with Gasteiger partial charge in [-0.25, -0.2) is 4.98 Å². The highest BCUT2D eigenvalue weighted by molar-refractivity contribution is 5.93. The van der Waals surface area contributed by atoms with E-state index >= 15 is 0 Å². The van der Waals surface area contributed by atoms with Crippen molar-refractivity contribution in [3.63, 3.8) is 0 Å². The number of hydrogen-bond acceptors (Lipinski definition) is 4. The van der Waals surface area contributed by atoms with Gasteiger partial charge in [0.2, 0.25) is 0 Å². The van der Waals surface area contributed by atoms with Crippen LogP contribution in [0.3, 0.4) is 0 Å². The lowest BCUT2D eigenvalue weighted by Gasteiger charge is -2.36. The molecule has 0 N–H and O–H groups in total. The van der Waals surface area contributed by atoms with Crippen molar-refractivity contribution >= 4 is 5.91 Å². The van der Waals surface area contributed by atoms with Gasteiger partial charge in [-0.2, -0.15) is 18.3 Å². The molecule has 3 aromatic heterocycles. The second-order valence-corrected chi connectivity index (χ2v) is 8.79. The van der Waals surface area contributed by atoms with Crippen LogP contribution in [-0.2, 0) is 26.1 Å². The van der Waals surface area contributed by atoms with E-state index in [9.17, 15) is 22.8 Å². The van der Waals surface area contributed by atoms with Gasteiger partial charge in [-0.15, -0.1) is 0 Å². The highest BCUT2D eigenvalue weighted by Crippen LogP contribution is 2.36. The van der Waals surface area contributed by atoms with E-state index in [4.69, 9.17) is 0 Å². The molecule has 2 aliphatic rings. The third-order valence-corrected chi connectivity index (χ3v) is 6.57. The second kappa shape index (κ2) is 7.60. The van der Waals surface area contributed by atoms with E-state index in [-0.39, 0.29) is 55.7 Å². The number of rotatable bonds is 3. The molecule has 5 heterocycles. The summed E-state index contributed by atoms with van der Waals surface area (Å²) in [6.07, 6.45) is 0.454. The monoisotopic (exact) mass is 460 g/mol. The molecule has 0 bridgehead atoms. The molecule has 2 atom stereocenters. The summed E-state index contributed by atoms with van der Waals surface area (Å²) < 4.78 is 44.5. The summed E-state index contributed by atoms with van der Waals surface area (Å²) in [7, 11) is 0. The fraction of sp³-hybridized carbons (Fsp3) is 0.455. The summed E-state index contributed by atoms with van der Waals surface area (Å²) >= 11 is 0. The molecule has 5 rings (SSSR count). The Morgan fingerprint density at radius 2 is 2.00 bits per heavy atom. The predicted octanol–water partition coefficient (Wildman–Crippen LogP) is 2.71. The van der Waals surface area contributed by atoms with Gasteiger partial charge in [-0.1, -0.05) is 0 Å². The number of nitrogens with zero attached hydrogens (tertiary/aromatic N) is 6. The number of aryl methyl sites for hydroxylation is 2. The van der Waals surface area contributed by atoms with Crippen LogP contribution in [0, 0.1) is 12.8 Å². The lowest BCUT2D eigenvalue weighted by molar-refractivity contribution is -0.179. The number of hydrogen-bond donors (Lipinski definition) is 0. The molecule has 0 spiro atoms. The molecule has 0 aromatic carbocycles. The molecule has 0 radical (unpaired) electrons. The van der Waals surface area contributed by atoms with Crippen molar-refractivity contribution in [3.05, 3.63) is 63.9 Å². The Hall–Kier alpha value is -3.37. The Balaban J connectivity index is 1.43. The van der Waals surface area contributed by atoms with E-state index in [1.54, 1.807) is 45.0 Å². The van der Waals surface area contributed by atoms with Crippen molar-refractivity contribution in [2.24, 2.45) is 5.92 Å². The number of alkyl halides is 3. The average Bonchev–Trinajstić information content (AvgIpc) is 3.37. The minimum atomic E-state index is -4.26. The van der Waals surface area contributed by atoms with E-state index < -0.39 is 12.1 Å². The van der Waals surface area contributed by atoms with Gasteiger partial charge in [0, 0.05) is 49.6 Å². The maximum absolute atomic E-state index is 13.3. The molecule has 1 amide bonds. The summed E-state index contributed by atoms with van der Waals surface area (Å²) in [4.78, 5) is 32.1. The number of amides is 1. The second-order valence-electron chi connectivity index (χ2n) is 8.79. The third kappa shape index (κ3) is 3.65. The third-order valence-electron chi connectivity index (χ3n) is 6.57. The number of fused-ring (bicyclic) bond motifs is 2. The van der Waals surface area contributed by atoms with Crippen LogP contribution < -0.4 is 5.56 Å². The highest BCUT2D eigenvalue weighted by Gasteiger charge is 2.42. The van der Waals surface area contributed by atoms with Crippen molar-refractivity contribution < 1.29 is 18.0 Å². The van der Waals surface area contributed by atoms with E-state index in [0.29, 0.717) is 16.9 Å². The summed E-state index contributed by atoms with van der Waals surface area (Å²) in [6, 6.07) is 2.89. The first-order valence-electron chi connectivity index (χ1n) is 10.8. The predicted molar refractivity (Wildman–Crippen MR) is 112 cm³/mol. The number of carbonyl (C=O) groups excluding carboxylic acids is 1. The van der Waals surface area contributed by atoms with Gasteiger partial charge in [0.25, 0.3) is 11.5 Å². The van der Waals surface area contributed by atoms with Gasteiger partial charge in [-0.05, 0) is 32.4 Å². The molecule has 2 aliphatic heterocycles. The van der Waals surface area contributed by atoms with E-state index in [1.807, 2.05) is 13.8 Å². The molecule has 0 saturated carbocycles. The van der Waals surface area contributed by atoms with E-state index in [0.717, 1.165) is 5.69 Å². The zero-order chi connectivity index (χ0) is 23.5. The summed E-state index contributed by atoms with van der Waals surface area (Å²) in [5.41, 5.74) is 2.28. The molecule has 33 heavy (non-hydrogen) atoms. The largest absolute Gasteiger partial charge is 0.392 e. The Morgan fingerprint density at radius 3 is 2.70 bits per heavy atom. The number of halogens is 3. The lowest BCUT2D eigenvalue weighted by atomic mass is 9.93. The minimum absolute atomic E-state index is 0.00569. The number of imidazole rings is 1. The van der Waals surface area contributed by atoms with E-state index in [2.05, 4.69) is 10.1 Å². The molecule has 0 aliphatic carbocycles. The Kier molecular flexibility index (Phi) is 4.95. The number of pyridine rings is 1. The zero-order valence-electron chi connectivity index (χ0n) is 18.2. The maximum Gasteiger partial charge on any atom is 0.392 e. The van der Waals surface area contributed by atoms with E-state index in [1.165, 1.54) is 4.57 Å². The first kappa shape index (κ1) is 21.5. The van der Waals surface area contributed by atoms with Crippen molar-refractivity contribution in [1.29, 1.82) is 0 Å². The molecule has 8 nitrogen and oxygen atoms in total. The minimum Gasteiger partial charge on any atom is -0.328 e. The normalized spacial score (nSPS) is 20.6. The smallest absolute Gasteiger partial charge is 0.328 e. The summed E-state index contributed by atoms with van der Waals surface area (Å²) in [6.45, 7) is 4.29. The molecular formula is C22H23F3N6O2. The molecule has 3 aromatic rings. The van der Waals surface area contributed by atoms with Gasteiger partial charge >= 0.3 is 6.18 Å². The van der Waals surface area contributed by atoms with Crippen LogP contribution in [0.15, 0.2) is 35.6 Å². The van der Waals surface area contributed by atoms with Crippen LogP contribution >= 0.6 is 0 Å². The van der Waals surface area contributed by atoms with Crippen LogP contribution in [0.2, 0.25) is 0 Å². The van der Waals surface area contributed by atoms with Crippen molar-refractivity contribution in [2.75, 3.05) is 0 Å². The summed E-state index contributed by atoms with van der Waals surface area (Å²) in [5.74, 6) is -1.73. The lowest BCUT2D eigenvalue weighted by Crippen LogP contribution is -2.49. The first-order chi connectivity index (χ1) is 15.6. The van der Waals surface area contributed by atoms with Crippen LogP contribution in [-0.4, -0.2) is 46.9 Å². The molecule has 174 valence electrons. The molecule has 0 fully saturated rings. The average molecular weight is 460 g/mol. The van der Waals surface area contributed by atoms with Gasteiger partial charge in [-0.3, -0.25) is 14.3 Å². The fourth-order valence-corrected chi connectivity index (χ4v) is 4.71. The summed E-state index contributed by atoms with van der Waals surface area (Å²) in [5, 5.41) is 4.24. The van der Waals surface area contributed by atoms with Gasteiger partial charge in [0.15, 0.2) is 0 Å². The van der Waals surface area contributed by atoms with Crippen LogP contribution in [0.1, 0.15) is 40.8 Å². The number of carbonyl (C=O) groups is 1. The van der Waals surface area contributed by atoms with Crippen molar-refractivity contribution in [3.8, 4) is 5.69 Å². The molecule has 1 unspecified atom stereocenters. The molecule has 11 heteroatoms. The van der Waals surface area contributed by atoms with Gasteiger partial charge in [0.05, 0.1) is 24.1 Å². The molecular weight excluding hydrogens is 437 g/mol. The van der Waals surface area contributed by atoms with Gasteiger partial charge in [0.1, 0.15) is 11.4 Å². The van der Waals surface area contributed by atoms with Gasteiger partial charge < -0.3 is 14.0 Å². The first-order valence-corrected chi connectivity index (χ1v) is 10.8. The standard InChI is InChI=1S/C22H23F3N6O2/c1-13-9-28(12-26-13)17-3-4-18-21(33)29(14(2)10-30(18)20(17)32)11-15-8-27-31-6-5-16(7-19(15)31)22(23,24)25/h3-4,8-9,12,14,16H,5-7,10-11H2,1-2H3/t14-,16?/m1/s1. The van der Waals surface area contributed by atoms with Crippen LogP contribution in [0.5, 0.6) is 0 Å². The van der Waals surface area contributed by atoms with Crippen LogP contribution in [0.25, 0.3) is 5.69 Å². The Labute approximate surface area is 187 Å². The molecule has 0 saturated heterocycles. The van der Waals surface area contributed by atoms with Crippen molar-refractivity contribution in [1.82, 2.24) is 28.8 Å². The zero-order valence-corrected chi connectivity index (χ0v) is 18.2. The highest BCUT2D eigenvalue weighted by atomic mass is 19.4. The Morgan fingerprint density at radius 1 is 1.21 bits per heavy atom. The maximum atomic E-state index is 13.3. The quantitative estimate of drug-likeness (QED) is 0.602. The van der Waals surface area contributed by atoms with Crippen molar-refractivity contribution in [2.45, 2.75) is 58.5 Å².